The SMILES string of the molecule is CC(=O)[C@H]1NC[C@H]1C. The molecule has 1 rings (SSSR count). The van der Waals surface area contributed by atoms with Crippen LogP contribution in [0.4, 0.5) is 0 Å². The van der Waals surface area contributed by atoms with Crippen molar-refractivity contribution in [2.24, 2.45) is 5.92 Å². The predicted molar refractivity (Wildman–Crippen MR) is 31.6 cm³/mol. The molecule has 46 valence electrons. The maximum Gasteiger partial charge on any atom is 0.146 e. The summed E-state index contributed by atoms with van der Waals surface area (Å²) in [6.07, 6.45) is 0. The van der Waals surface area contributed by atoms with Crippen LogP contribution in [-0.4, -0.2) is 18.4 Å². The summed E-state index contributed by atoms with van der Waals surface area (Å²) in [5, 5.41) is 3.05. The zero-order chi connectivity index (χ0) is 6.15. The Bertz CT molecular complexity index is 111. The minimum absolute atomic E-state index is 0.162. The Labute approximate surface area is 49.3 Å². The quantitative estimate of drug-likeness (QED) is 0.525. The largest absolute Gasteiger partial charge is 0.307 e. The van der Waals surface area contributed by atoms with E-state index >= 15 is 0 Å². The summed E-state index contributed by atoms with van der Waals surface area (Å²) >= 11 is 0. The van der Waals surface area contributed by atoms with Crippen LogP contribution in [0.25, 0.3) is 0 Å². The van der Waals surface area contributed by atoms with E-state index in [-0.39, 0.29) is 11.8 Å². The highest BCUT2D eigenvalue weighted by Gasteiger charge is 2.29. The molecule has 1 saturated heterocycles. The summed E-state index contributed by atoms with van der Waals surface area (Å²) < 4.78 is 0. The Morgan fingerprint density at radius 1 is 1.75 bits per heavy atom. The molecule has 1 heterocycles. The van der Waals surface area contributed by atoms with E-state index in [2.05, 4.69) is 12.2 Å². The maximum atomic E-state index is 10.6. The fraction of sp³-hybridized carbons (Fsp3) is 0.833. The summed E-state index contributed by atoms with van der Waals surface area (Å²) in [7, 11) is 0. The lowest BCUT2D eigenvalue weighted by Crippen LogP contribution is -2.55. The van der Waals surface area contributed by atoms with Gasteiger partial charge in [-0.3, -0.25) is 4.79 Å². The minimum Gasteiger partial charge on any atom is -0.307 e. The first-order chi connectivity index (χ1) is 3.72. The van der Waals surface area contributed by atoms with Crippen LogP contribution in [-0.2, 0) is 4.79 Å². The van der Waals surface area contributed by atoms with Crippen LogP contribution in [0.1, 0.15) is 13.8 Å². The van der Waals surface area contributed by atoms with Gasteiger partial charge in [-0.2, -0.15) is 0 Å². The summed E-state index contributed by atoms with van der Waals surface area (Å²) in [4.78, 5) is 10.6. The van der Waals surface area contributed by atoms with Crippen LogP contribution in [0.3, 0.4) is 0 Å². The molecule has 2 nitrogen and oxygen atoms in total. The monoisotopic (exact) mass is 113 g/mol. The van der Waals surface area contributed by atoms with Gasteiger partial charge in [0.25, 0.3) is 0 Å². The highest BCUT2D eigenvalue weighted by Crippen LogP contribution is 2.11. The molecule has 1 fully saturated rings. The van der Waals surface area contributed by atoms with Crippen LogP contribution in [0.5, 0.6) is 0 Å². The minimum atomic E-state index is 0.162. The lowest BCUT2D eigenvalue weighted by Gasteiger charge is -2.33. The topological polar surface area (TPSA) is 29.1 Å². The molecule has 0 saturated carbocycles. The van der Waals surface area contributed by atoms with Crippen LogP contribution >= 0.6 is 0 Å². The summed E-state index contributed by atoms with van der Waals surface area (Å²) in [5.74, 6) is 0.830. The van der Waals surface area contributed by atoms with Gasteiger partial charge in [-0.05, 0) is 12.8 Å². The van der Waals surface area contributed by atoms with E-state index in [9.17, 15) is 4.79 Å². The fourth-order valence-corrected chi connectivity index (χ4v) is 1.02. The van der Waals surface area contributed by atoms with Gasteiger partial charge in [0.15, 0.2) is 0 Å². The molecule has 0 amide bonds. The Balaban J connectivity index is 2.37. The maximum absolute atomic E-state index is 10.6. The molecule has 8 heavy (non-hydrogen) atoms. The van der Waals surface area contributed by atoms with Crippen molar-refractivity contribution in [3.63, 3.8) is 0 Å². The third-order valence-corrected chi connectivity index (χ3v) is 1.67. The molecule has 2 atom stereocenters. The number of rotatable bonds is 1. The number of nitrogens with one attached hydrogen (secondary N) is 1. The highest BCUT2D eigenvalue weighted by atomic mass is 16.1. The van der Waals surface area contributed by atoms with E-state index in [1.807, 2.05) is 0 Å². The molecular formula is C6H11NO. The molecule has 1 aliphatic heterocycles. The highest BCUT2D eigenvalue weighted by molar-refractivity contribution is 5.82. The normalized spacial score (nSPS) is 36.2. The Hall–Kier alpha value is -0.370. The second-order valence-corrected chi connectivity index (χ2v) is 2.47. The molecule has 0 unspecified atom stereocenters. The van der Waals surface area contributed by atoms with Crippen molar-refractivity contribution in [3.8, 4) is 0 Å². The van der Waals surface area contributed by atoms with Gasteiger partial charge in [0, 0.05) is 6.54 Å². The molecule has 0 aliphatic carbocycles. The Morgan fingerprint density at radius 3 is 2.38 bits per heavy atom. The third kappa shape index (κ3) is 0.757. The van der Waals surface area contributed by atoms with Crippen molar-refractivity contribution in [1.82, 2.24) is 5.32 Å². The van der Waals surface area contributed by atoms with E-state index in [1.54, 1.807) is 6.92 Å². The number of hydrogen-bond donors (Lipinski definition) is 1. The van der Waals surface area contributed by atoms with Gasteiger partial charge in [0.2, 0.25) is 0 Å². The average Bonchev–Trinajstić information content (AvgIpc) is 1.61. The van der Waals surface area contributed by atoms with E-state index in [1.165, 1.54) is 0 Å². The summed E-state index contributed by atoms with van der Waals surface area (Å²) in [6, 6.07) is 0.162. The summed E-state index contributed by atoms with van der Waals surface area (Å²) in [5.41, 5.74) is 0. The van der Waals surface area contributed by atoms with Gasteiger partial charge in [0.1, 0.15) is 5.78 Å². The van der Waals surface area contributed by atoms with Crippen molar-refractivity contribution in [3.05, 3.63) is 0 Å². The summed E-state index contributed by atoms with van der Waals surface area (Å²) in [6.45, 7) is 4.72. The molecule has 0 radical (unpaired) electrons. The standard InChI is InChI=1S/C6H11NO/c1-4-3-7-6(4)5(2)8/h4,6-7H,3H2,1-2H3/t4-,6+/m1/s1. The smallest absolute Gasteiger partial charge is 0.146 e. The Morgan fingerprint density at radius 2 is 2.38 bits per heavy atom. The van der Waals surface area contributed by atoms with Gasteiger partial charge in [-0.1, -0.05) is 6.92 Å². The van der Waals surface area contributed by atoms with Crippen molar-refractivity contribution in [2.75, 3.05) is 6.54 Å². The molecule has 0 spiro atoms. The lowest BCUT2D eigenvalue weighted by atomic mass is 9.91. The first-order valence-electron chi connectivity index (χ1n) is 2.95. The molecule has 1 N–H and O–H groups in total. The van der Waals surface area contributed by atoms with Crippen molar-refractivity contribution in [1.29, 1.82) is 0 Å². The number of hydrogen-bond acceptors (Lipinski definition) is 2. The van der Waals surface area contributed by atoms with Gasteiger partial charge in [-0.25, -0.2) is 0 Å². The second kappa shape index (κ2) is 1.86. The van der Waals surface area contributed by atoms with E-state index in [0.29, 0.717) is 5.92 Å². The van der Waals surface area contributed by atoms with Gasteiger partial charge in [-0.15, -0.1) is 0 Å². The van der Waals surface area contributed by atoms with Crippen molar-refractivity contribution >= 4 is 5.78 Å². The first kappa shape index (κ1) is 5.76. The zero-order valence-electron chi connectivity index (χ0n) is 5.27. The number of carbonyl (C=O) groups excluding carboxylic acids is 1. The third-order valence-electron chi connectivity index (χ3n) is 1.67. The zero-order valence-corrected chi connectivity index (χ0v) is 5.27. The molecule has 1 aliphatic rings. The van der Waals surface area contributed by atoms with E-state index < -0.39 is 0 Å². The molecule has 0 aromatic carbocycles. The molecule has 2 heteroatoms. The number of carbonyl (C=O) groups is 1. The van der Waals surface area contributed by atoms with E-state index in [0.717, 1.165) is 6.54 Å². The number of ketones is 1. The van der Waals surface area contributed by atoms with E-state index in [4.69, 9.17) is 0 Å². The molecule has 0 aromatic heterocycles. The van der Waals surface area contributed by atoms with Crippen molar-refractivity contribution in [2.45, 2.75) is 19.9 Å². The lowest BCUT2D eigenvalue weighted by molar-refractivity contribution is -0.122. The number of Topliss-reactive ketones (excluding diaryl/α,β-unsaturated/α-hetero) is 1. The Kier molecular flexibility index (Phi) is 1.34. The van der Waals surface area contributed by atoms with Crippen LogP contribution in [0, 0.1) is 5.92 Å². The van der Waals surface area contributed by atoms with Gasteiger partial charge >= 0.3 is 0 Å². The van der Waals surface area contributed by atoms with Crippen LogP contribution in [0.15, 0.2) is 0 Å². The van der Waals surface area contributed by atoms with Crippen LogP contribution in [0.2, 0.25) is 0 Å². The molecule has 0 bridgehead atoms. The van der Waals surface area contributed by atoms with Gasteiger partial charge in [0.05, 0.1) is 6.04 Å². The van der Waals surface area contributed by atoms with Crippen LogP contribution < -0.4 is 5.32 Å². The predicted octanol–water partition coefficient (Wildman–Crippen LogP) is 0.183. The average molecular weight is 113 g/mol. The molecular weight excluding hydrogens is 102 g/mol. The fourth-order valence-electron chi connectivity index (χ4n) is 1.02. The van der Waals surface area contributed by atoms with Crippen molar-refractivity contribution < 1.29 is 4.79 Å². The van der Waals surface area contributed by atoms with Gasteiger partial charge < -0.3 is 5.32 Å². The first-order valence-corrected chi connectivity index (χ1v) is 2.95. The molecule has 0 aromatic rings. The second-order valence-electron chi connectivity index (χ2n) is 2.47.